The highest BCUT2D eigenvalue weighted by Crippen LogP contribution is 1.99. The van der Waals surface area contributed by atoms with Crippen molar-refractivity contribution in [2.75, 3.05) is 5.75 Å². The number of nitrogens with zero attached hydrogens (tertiary/aromatic N) is 1. The molecule has 0 aromatic rings. The summed E-state index contributed by atoms with van der Waals surface area (Å²) in [7, 11) is 0. The van der Waals surface area contributed by atoms with Crippen LogP contribution in [-0.4, -0.2) is 5.75 Å². The summed E-state index contributed by atoms with van der Waals surface area (Å²) in [5.41, 5.74) is 0. The summed E-state index contributed by atoms with van der Waals surface area (Å²) in [6.45, 7) is 2.12. The van der Waals surface area contributed by atoms with E-state index in [4.69, 9.17) is 5.26 Å². The molecule has 0 unspecified atom stereocenters. The van der Waals surface area contributed by atoms with E-state index in [0.29, 0.717) is 0 Å². The molecule has 0 aliphatic rings. The number of rotatable bonds is 3. The van der Waals surface area contributed by atoms with Crippen LogP contribution < -0.4 is 0 Å². The van der Waals surface area contributed by atoms with E-state index in [-0.39, 0.29) is 0 Å². The fraction of sp³-hybridized carbons (Fsp3) is 0.800. The average Bonchev–Trinajstić information content (AvgIpc) is 1.69. The second-order valence-electron chi connectivity index (χ2n) is 1.29. The summed E-state index contributed by atoms with van der Waals surface area (Å²) in [5.74, 6) is 0.993. The van der Waals surface area contributed by atoms with Gasteiger partial charge in [0.15, 0.2) is 0 Å². The molecule has 1 nitrogen and oxygen atoms in total. The van der Waals surface area contributed by atoms with Gasteiger partial charge in [0.2, 0.25) is 0 Å². The van der Waals surface area contributed by atoms with E-state index in [0.717, 1.165) is 12.2 Å². The van der Waals surface area contributed by atoms with Gasteiger partial charge in [0.25, 0.3) is 0 Å². The Bertz CT molecular complexity index is 65.0. The Labute approximate surface area is 48.7 Å². The molecule has 0 aliphatic heterocycles. The molecule has 0 saturated carbocycles. The van der Waals surface area contributed by atoms with Crippen molar-refractivity contribution < 1.29 is 0 Å². The maximum absolute atomic E-state index is 8.01. The summed E-state index contributed by atoms with van der Waals surface area (Å²) in [4.78, 5) is 0. The number of thioether (sulfide) groups is 1. The van der Waals surface area contributed by atoms with Crippen LogP contribution in [0.4, 0.5) is 0 Å². The van der Waals surface area contributed by atoms with Crippen molar-refractivity contribution in [1.82, 2.24) is 0 Å². The van der Waals surface area contributed by atoms with Gasteiger partial charge in [-0.2, -0.15) is 5.26 Å². The van der Waals surface area contributed by atoms with Crippen molar-refractivity contribution in [2.45, 2.75) is 19.8 Å². The van der Waals surface area contributed by atoms with Gasteiger partial charge in [-0.05, 0) is 18.2 Å². The molecular weight excluding hydrogens is 106 g/mol. The van der Waals surface area contributed by atoms with Crippen molar-refractivity contribution in [3.63, 3.8) is 0 Å². The molecule has 0 rings (SSSR count). The Morgan fingerprint density at radius 3 is 2.86 bits per heavy atom. The van der Waals surface area contributed by atoms with Crippen molar-refractivity contribution in [2.24, 2.45) is 0 Å². The molecule has 40 valence electrons. The van der Waals surface area contributed by atoms with Crippen molar-refractivity contribution >= 4 is 11.8 Å². The molecule has 0 bridgehead atoms. The number of hydrogen-bond acceptors (Lipinski definition) is 2. The van der Waals surface area contributed by atoms with E-state index in [9.17, 15) is 0 Å². The molecule has 0 aliphatic carbocycles. The summed E-state index contributed by atoms with van der Waals surface area (Å²) < 4.78 is 0. The molecule has 0 radical (unpaired) electrons. The lowest BCUT2D eigenvalue weighted by Gasteiger charge is -1.84. The van der Waals surface area contributed by atoms with Crippen LogP contribution in [0.1, 0.15) is 19.8 Å². The molecule has 0 aromatic heterocycles. The van der Waals surface area contributed by atoms with Gasteiger partial charge in [-0.15, -0.1) is 0 Å². The second kappa shape index (κ2) is 5.84. The van der Waals surface area contributed by atoms with E-state index in [1.54, 1.807) is 0 Å². The molecular formula is C5H9NS. The Balaban J connectivity index is 2.60. The third-order valence-corrected chi connectivity index (χ3v) is 1.29. The molecule has 0 N–H and O–H groups in total. The smallest absolute Gasteiger partial charge is 0.133 e. The number of thiocyanates is 1. The first kappa shape index (κ1) is 6.84. The second-order valence-corrected chi connectivity index (χ2v) is 2.17. The van der Waals surface area contributed by atoms with E-state index >= 15 is 0 Å². The molecule has 0 saturated heterocycles. The van der Waals surface area contributed by atoms with Gasteiger partial charge in [-0.1, -0.05) is 13.3 Å². The normalized spacial score (nSPS) is 8.00. The fourth-order valence-corrected chi connectivity index (χ4v) is 0.786. The van der Waals surface area contributed by atoms with Gasteiger partial charge in [-0.25, -0.2) is 0 Å². The van der Waals surface area contributed by atoms with Crippen LogP contribution in [0, 0.1) is 10.7 Å². The zero-order chi connectivity index (χ0) is 5.54. The van der Waals surface area contributed by atoms with Crippen LogP contribution in [0.2, 0.25) is 0 Å². The minimum Gasteiger partial charge on any atom is -0.185 e. The molecule has 0 spiro atoms. The molecule has 0 amide bonds. The Hall–Kier alpha value is -0.160. The molecule has 0 heterocycles. The van der Waals surface area contributed by atoms with Crippen LogP contribution in [0.25, 0.3) is 0 Å². The monoisotopic (exact) mass is 115 g/mol. The van der Waals surface area contributed by atoms with E-state index < -0.39 is 0 Å². The predicted octanol–water partition coefficient (Wildman–Crippen LogP) is 2.00. The maximum Gasteiger partial charge on any atom is 0.133 e. The van der Waals surface area contributed by atoms with Gasteiger partial charge >= 0.3 is 0 Å². The van der Waals surface area contributed by atoms with Crippen LogP contribution in [0.5, 0.6) is 0 Å². The standard InChI is InChI=1S/C5H9NS/c1-2-3-4-7-5-6/h2-4H2,1H3. The molecule has 7 heavy (non-hydrogen) atoms. The SMILES string of the molecule is CCCCSC#N. The lowest BCUT2D eigenvalue weighted by atomic mass is 10.4. The molecule has 0 fully saturated rings. The van der Waals surface area contributed by atoms with Gasteiger partial charge in [0, 0.05) is 5.75 Å². The van der Waals surface area contributed by atoms with E-state index in [1.165, 1.54) is 18.2 Å². The Morgan fingerprint density at radius 1 is 1.71 bits per heavy atom. The summed E-state index contributed by atoms with van der Waals surface area (Å²) >= 11 is 1.34. The highest BCUT2D eigenvalue weighted by atomic mass is 32.2. The lowest BCUT2D eigenvalue weighted by molar-refractivity contribution is 0.898. The van der Waals surface area contributed by atoms with E-state index in [2.05, 4.69) is 6.92 Å². The van der Waals surface area contributed by atoms with Crippen molar-refractivity contribution in [3.8, 4) is 5.40 Å². The van der Waals surface area contributed by atoms with Gasteiger partial charge in [0.1, 0.15) is 5.40 Å². The molecule has 2 heteroatoms. The van der Waals surface area contributed by atoms with Crippen LogP contribution in [0.15, 0.2) is 0 Å². The topological polar surface area (TPSA) is 23.8 Å². The summed E-state index contributed by atoms with van der Waals surface area (Å²) in [5, 5.41) is 10.0. The predicted molar refractivity (Wildman–Crippen MR) is 33.0 cm³/mol. The minimum absolute atomic E-state index is 0.993. The first-order valence-corrected chi connectivity index (χ1v) is 3.41. The van der Waals surface area contributed by atoms with Gasteiger partial charge in [-0.3, -0.25) is 0 Å². The summed E-state index contributed by atoms with van der Waals surface area (Å²) in [6.07, 6.45) is 2.35. The highest BCUT2D eigenvalue weighted by Gasteiger charge is 1.80. The zero-order valence-corrected chi connectivity index (χ0v) is 5.29. The number of nitriles is 1. The van der Waals surface area contributed by atoms with Crippen LogP contribution >= 0.6 is 11.8 Å². The zero-order valence-electron chi connectivity index (χ0n) is 4.48. The maximum atomic E-state index is 8.01. The minimum atomic E-state index is 0.993. The number of hydrogen-bond donors (Lipinski definition) is 0. The number of unbranched alkanes of at least 4 members (excludes halogenated alkanes) is 1. The Morgan fingerprint density at radius 2 is 2.43 bits per heavy atom. The fourth-order valence-electron chi connectivity index (χ4n) is 0.262. The highest BCUT2D eigenvalue weighted by molar-refractivity contribution is 8.03. The lowest BCUT2D eigenvalue weighted by Crippen LogP contribution is -1.71. The first-order chi connectivity index (χ1) is 3.41. The summed E-state index contributed by atoms with van der Waals surface area (Å²) in [6, 6.07) is 0. The Kier molecular flexibility index (Phi) is 5.71. The van der Waals surface area contributed by atoms with Crippen molar-refractivity contribution in [1.29, 1.82) is 5.26 Å². The third-order valence-electron chi connectivity index (χ3n) is 0.665. The first-order valence-electron chi connectivity index (χ1n) is 2.42. The van der Waals surface area contributed by atoms with Gasteiger partial charge < -0.3 is 0 Å². The third kappa shape index (κ3) is 5.84. The van der Waals surface area contributed by atoms with E-state index in [1.807, 2.05) is 5.40 Å². The molecule has 0 atom stereocenters. The van der Waals surface area contributed by atoms with Gasteiger partial charge in [0.05, 0.1) is 0 Å². The van der Waals surface area contributed by atoms with Crippen molar-refractivity contribution in [3.05, 3.63) is 0 Å². The van der Waals surface area contributed by atoms with Crippen LogP contribution in [-0.2, 0) is 0 Å². The quantitative estimate of drug-likeness (QED) is 0.415. The van der Waals surface area contributed by atoms with Crippen LogP contribution in [0.3, 0.4) is 0 Å². The largest absolute Gasteiger partial charge is 0.185 e. The molecule has 0 aromatic carbocycles. The average molecular weight is 115 g/mol.